The number of aromatic amines is 2. The van der Waals surface area contributed by atoms with Crippen LogP contribution in [0.2, 0.25) is 0 Å². The van der Waals surface area contributed by atoms with E-state index >= 15 is 0 Å². The molecule has 1 aliphatic heterocycles. The number of hydrogen-bond acceptors (Lipinski definition) is 4. The van der Waals surface area contributed by atoms with Crippen LogP contribution in [0.3, 0.4) is 0 Å². The quantitative estimate of drug-likeness (QED) is 0.654. The van der Waals surface area contributed by atoms with Crippen LogP contribution in [0.15, 0.2) is 33.9 Å². The second-order valence-electron chi connectivity index (χ2n) is 6.40. The molecule has 0 radical (unpaired) electrons. The topological polar surface area (TPSA) is 94.1 Å². The number of likely N-dealkylation sites (N-methyl/N-ethyl adjacent to an activating group) is 1. The summed E-state index contributed by atoms with van der Waals surface area (Å²) in [6, 6.07) is 7.61. The normalized spacial score (nSPS) is 17.8. The molecule has 3 N–H and O–H groups in total. The number of H-pyrrole nitrogens is 2. The maximum absolute atomic E-state index is 12.5. The molecule has 2 aromatic heterocycles. The van der Waals surface area contributed by atoms with Crippen LogP contribution in [0.4, 0.5) is 0 Å². The van der Waals surface area contributed by atoms with Crippen molar-refractivity contribution in [3.05, 3.63) is 61.9 Å². The second kappa shape index (κ2) is 5.63. The fraction of sp³-hybridized carbons (Fsp3) is 0.333. The summed E-state index contributed by atoms with van der Waals surface area (Å²) >= 11 is 0. The predicted octanol–water partition coefficient (Wildman–Crippen LogP) is 1.23. The van der Waals surface area contributed by atoms with Crippen molar-refractivity contribution in [1.82, 2.24) is 19.4 Å². The van der Waals surface area contributed by atoms with E-state index in [2.05, 4.69) is 20.9 Å². The van der Waals surface area contributed by atoms with Crippen molar-refractivity contribution in [3.63, 3.8) is 0 Å². The summed E-state index contributed by atoms with van der Waals surface area (Å²) in [6.07, 6.45) is 0.869. The number of fused-ring (bicyclic) bond motifs is 3. The zero-order valence-electron chi connectivity index (χ0n) is 14.2. The first-order chi connectivity index (χ1) is 12.0. The number of aromatic nitrogens is 3. The maximum atomic E-state index is 12.5. The van der Waals surface area contributed by atoms with E-state index < -0.39 is 17.3 Å². The first-order valence-corrected chi connectivity index (χ1v) is 8.38. The number of aromatic hydroxyl groups is 1. The van der Waals surface area contributed by atoms with E-state index in [4.69, 9.17) is 0 Å². The number of nitrogens with zero attached hydrogens (tertiary/aromatic N) is 2. The molecule has 0 bridgehead atoms. The smallest absolute Gasteiger partial charge is 0.330 e. The average molecular weight is 340 g/mol. The predicted molar refractivity (Wildman–Crippen MR) is 95.1 cm³/mol. The number of nitrogens with one attached hydrogen (secondary N) is 2. The molecule has 0 amide bonds. The Balaban J connectivity index is 2.03. The molecule has 7 heteroatoms. The molecule has 130 valence electrons. The van der Waals surface area contributed by atoms with Gasteiger partial charge in [-0.2, -0.15) is 0 Å². The largest absolute Gasteiger partial charge is 0.494 e. The van der Waals surface area contributed by atoms with Gasteiger partial charge in [0, 0.05) is 30.2 Å². The number of benzene rings is 1. The number of hydrogen-bond donors (Lipinski definition) is 3. The van der Waals surface area contributed by atoms with Crippen LogP contribution < -0.4 is 11.2 Å². The van der Waals surface area contributed by atoms with E-state index in [1.807, 2.05) is 25.1 Å². The molecule has 0 fully saturated rings. The Kier molecular flexibility index (Phi) is 3.54. The van der Waals surface area contributed by atoms with E-state index in [9.17, 15) is 14.7 Å². The van der Waals surface area contributed by atoms with Crippen LogP contribution in [-0.2, 0) is 13.5 Å². The second-order valence-corrected chi connectivity index (χ2v) is 6.40. The molecule has 0 saturated heterocycles. The molecule has 1 aromatic carbocycles. The number of rotatable bonds is 2. The van der Waals surface area contributed by atoms with Crippen molar-refractivity contribution in [1.29, 1.82) is 0 Å². The summed E-state index contributed by atoms with van der Waals surface area (Å²) in [5, 5.41) is 11.7. The summed E-state index contributed by atoms with van der Waals surface area (Å²) in [4.78, 5) is 32.2. The van der Waals surface area contributed by atoms with E-state index in [-0.39, 0.29) is 11.4 Å². The van der Waals surface area contributed by atoms with Crippen molar-refractivity contribution in [3.8, 4) is 5.88 Å². The third-order valence-electron chi connectivity index (χ3n) is 5.14. The molecular formula is C18H20N4O3. The van der Waals surface area contributed by atoms with Gasteiger partial charge in [-0.05, 0) is 24.6 Å². The lowest BCUT2D eigenvalue weighted by Crippen LogP contribution is -2.41. The van der Waals surface area contributed by atoms with Crippen LogP contribution in [0.1, 0.15) is 29.8 Å². The molecule has 1 atom stereocenters. The van der Waals surface area contributed by atoms with Gasteiger partial charge in [-0.1, -0.05) is 25.1 Å². The molecule has 0 saturated carbocycles. The van der Waals surface area contributed by atoms with Gasteiger partial charge in [0.25, 0.3) is 5.56 Å². The van der Waals surface area contributed by atoms with E-state index in [0.29, 0.717) is 0 Å². The zero-order chi connectivity index (χ0) is 17.7. The lowest BCUT2D eigenvalue weighted by Gasteiger charge is -2.35. The Morgan fingerprint density at radius 1 is 1.24 bits per heavy atom. The molecule has 0 aliphatic carbocycles. The van der Waals surface area contributed by atoms with Gasteiger partial charge >= 0.3 is 5.69 Å². The molecule has 4 rings (SSSR count). The Hall–Kier alpha value is -2.80. The monoisotopic (exact) mass is 340 g/mol. The van der Waals surface area contributed by atoms with Gasteiger partial charge in [-0.25, -0.2) is 4.79 Å². The molecule has 3 heterocycles. The minimum absolute atomic E-state index is 0.205. The molecule has 7 nitrogen and oxygen atoms in total. The Labute approximate surface area is 143 Å². The first-order valence-electron chi connectivity index (χ1n) is 8.38. The highest BCUT2D eigenvalue weighted by Crippen LogP contribution is 2.39. The molecule has 0 spiro atoms. The Morgan fingerprint density at radius 2 is 2.00 bits per heavy atom. The summed E-state index contributed by atoms with van der Waals surface area (Å²) < 4.78 is 1.07. The van der Waals surface area contributed by atoms with Crippen LogP contribution in [0, 0.1) is 0 Å². The average Bonchev–Trinajstić information content (AvgIpc) is 2.99. The Bertz CT molecular complexity index is 1080. The lowest BCUT2D eigenvalue weighted by molar-refractivity contribution is 0.215. The van der Waals surface area contributed by atoms with Crippen molar-refractivity contribution in [2.45, 2.75) is 19.4 Å². The standard InChI is InChI=1S/C18H20N4O3/c1-3-22-9-8-11-10-6-4-5-7-12(10)19-14(11)15(22)13-16(23)20-18(25)21(2)17(13)24/h4-7,15,19,24H,3,8-9H2,1-2H3,(H,20,23,25)/t15-/m0/s1. The molecule has 25 heavy (non-hydrogen) atoms. The minimum atomic E-state index is -0.623. The minimum Gasteiger partial charge on any atom is -0.494 e. The summed E-state index contributed by atoms with van der Waals surface area (Å²) in [7, 11) is 1.45. The van der Waals surface area contributed by atoms with Gasteiger partial charge in [0.1, 0.15) is 5.56 Å². The number of para-hydroxylation sites is 1. The highest BCUT2D eigenvalue weighted by Gasteiger charge is 2.35. The SMILES string of the molecule is CCN1CCc2c([nH]c3ccccc23)[C@@H]1c1c(O)n(C)c(=O)[nH]c1=O. The van der Waals surface area contributed by atoms with Gasteiger partial charge in [0.2, 0.25) is 5.88 Å². The van der Waals surface area contributed by atoms with E-state index in [1.165, 1.54) is 7.05 Å². The van der Waals surface area contributed by atoms with Crippen LogP contribution >= 0.6 is 0 Å². The third kappa shape index (κ3) is 2.23. The Morgan fingerprint density at radius 3 is 2.76 bits per heavy atom. The van der Waals surface area contributed by atoms with Gasteiger partial charge in [-0.3, -0.25) is 19.2 Å². The van der Waals surface area contributed by atoms with Gasteiger partial charge in [0.15, 0.2) is 0 Å². The molecule has 0 unspecified atom stereocenters. The summed E-state index contributed by atoms with van der Waals surface area (Å²) in [5.74, 6) is -0.288. The fourth-order valence-corrected chi connectivity index (χ4v) is 3.83. The first kappa shape index (κ1) is 15.7. The summed E-state index contributed by atoms with van der Waals surface area (Å²) in [5.41, 5.74) is 2.12. The van der Waals surface area contributed by atoms with Crippen molar-refractivity contribution in [2.24, 2.45) is 7.05 Å². The molecular weight excluding hydrogens is 320 g/mol. The van der Waals surface area contributed by atoms with Gasteiger partial charge in [-0.15, -0.1) is 0 Å². The van der Waals surface area contributed by atoms with Crippen LogP contribution in [0.25, 0.3) is 10.9 Å². The summed E-state index contributed by atoms with van der Waals surface area (Å²) in [6.45, 7) is 3.52. The maximum Gasteiger partial charge on any atom is 0.330 e. The van der Waals surface area contributed by atoms with Crippen LogP contribution in [0.5, 0.6) is 5.88 Å². The molecule has 3 aromatic rings. The van der Waals surface area contributed by atoms with E-state index in [0.717, 1.165) is 46.2 Å². The lowest BCUT2D eigenvalue weighted by atomic mass is 9.93. The zero-order valence-corrected chi connectivity index (χ0v) is 14.2. The van der Waals surface area contributed by atoms with Gasteiger partial charge in [0.05, 0.1) is 6.04 Å². The van der Waals surface area contributed by atoms with Crippen molar-refractivity contribution >= 4 is 10.9 Å². The fourth-order valence-electron chi connectivity index (χ4n) is 3.83. The van der Waals surface area contributed by atoms with Crippen LogP contribution in [-0.4, -0.2) is 37.6 Å². The third-order valence-corrected chi connectivity index (χ3v) is 5.14. The van der Waals surface area contributed by atoms with E-state index in [1.54, 1.807) is 0 Å². The highest BCUT2D eigenvalue weighted by molar-refractivity contribution is 5.85. The van der Waals surface area contributed by atoms with Crippen molar-refractivity contribution in [2.75, 3.05) is 13.1 Å². The molecule has 1 aliphatic rings. The highest BCUT2D eigenvalue weighted by atomic mass is 16.3. The van der Waals surface area contributed by atoms with Crippen molar-refractivity contribution < 1.29 is 5.11 Å². The van der Waals surface area contributed by atoms with Gasteiger partial charge < -0.3 is 10.1 Å².